The summed E-state index contributed by atoms with van der Waals surface area (Å²) >= 11 is 0. The Morgan fingerprint density at radius 1 is 1.08 bits per heavy atom. The number of rotatable bonds is 2. The molecule has 0 unspecified atom stereocenters. The standard InChI is InChI=1S/C13H22/c1-9(2)12-7-6-11(5)13(8-12)10(3)4/h11-13H,1,3,6-8H2,2,4-5H3/t11-,12-,13+/m1/s1. The Balaban J connectivity index is 2.63. The molecule has 1 aliphatic rings. The highest BCUT2D eigenvalue weighted by Crippen LogP contribution is 2.39. The molecule has 0 nitrogen and oxygen atoms in total. The first-order valence-corrected chi connectivity index (χ1v) is 5.33. The van der Waals surface area contributed by atoms with Gasteiger partial charge in [0.1, 0.15) is 0 Å². The first-order chi connectivity index (χ1) is 6.02. The summed E-state index contributed by atoms with van der Waals surface area (Å²) < 4.78 is 0. The summed E-state index contributed by atoms with van der Waals surface area (Å²) in [6.07, 6.45) is 3.96. The zero-order chi connectivity index (χ0) is 10.0. The van der Waals surface area contributed by atoms with Crippen molar-refractivity contribution in [3.63, 3.8) is 0 Å². The maximum absolute atomic E-state index is 4.09. The first-order valence-electron chi connectivity index (χ1n) is 5.33. The molecule has 0 heteroatoms. The Morgan fingerprint density at radius 2 is 1.69 bits per heavy atom. The van der Waals surface area contributed by atoms with Crippen LogP contribution in [0.15, 0.2) is 24.3 Å². The molecular formula is C13H22. The van der Waals surface area contributed by atoms with Gasteiger partial charge in [0, 0.05) is 0 Å². The third-order valence-corrected chi connectivity index (χ3v) is 3.53. The molecule has 0 aromatic carbocycles. The van der Waals surface area contributed by atoms with E-state index in [2.05, 4.69) is 33.9 Å². The summed E-state index contributed by atoms with van der Waals surface area (Å²) in [6, 6.07) is 0. The van der Waals surface area contributed by atoms with Gasteiger partial charge in [-0.25, -0.2) is 0 Å². The molecule has 1 fully saturated rings. The van der Waals surface area contributed by atoms with Crippen molar-refractivity contribution < 1.29 is 0 Å². The fourth-order valence-electron chi connectivity index (χ4n) is 2.46. The monoisotopic (exact) mass is 178 g/mol. The van der Waals surface area contributed by atoms with E-state index in [-0.39, 0.29) is 0 Å². The highest BCUT2D eigenvalue weighted by molar-refractivity contribution is 5.06. The predicted octanol–water partition coefficient (Wildman–Crippen LogP) is 4.19. The topological polar surface area (TPSA) is 0 Å². The second-order valence-corrected chi connectivity index (χ2v) is 4.79. The van der Waals surface area contributed by atoms with Crippen LogP contribution in [0.1, 0.15) is 40.0 Å². The molecular weight excluding hydrogens is 156 g/mol. The van der Waals surface area contributed by atoms with E-state index in [4.69, 9.17) is 0 Å². The molecule has 74 valence electrons. The van der Waals surface area contributed by atoms with E-state index in [1.807, 2.05) is 0 Å². The summed E-state index contributed by atoms with van der Waals surface area (Å²) in [5.41, 5.74) is 2.72. The van der Waals surface area contributed by atoms with Gasteiger partial charge < -0.3 is 0 Å². The summed E-state index contributed by atoms with van der Waals surface area (Å²) in [5, 5.41) is 0. The van der Waals surface area contributed by atoms with E-state index in [1.165, 1.54) is 30.4 Å². The van der Waals surface area contributed by atoms with Gasteiger partial charge in [-0.2, -0.15) is 0 Å². The van der Waals surface area contributed by atoms with Gasteiger partial charge in [0.25, 0.3) is 0 Å². The molecule has 0 N–H and O–H groups in total. The minimum atomic E-state index is 0.732. The highest BCUT2D eigenvalue weighted by atomic mass is 14.3. The fraction of sp³-hybridized carbons (Fsp3) is 0.692. The minimum absolute atomic E-state index is 0.732. The molecule has 3 atom stereocenters. The summed E-state index contributed by atoms with van der Waals surface area (Å²) in [7, 11) is 0. The third-order valence-electron chi connectivity index (χ3n) is 3.53. The Bertz CT molecular complexity index is 212. The van der Waals surface area contributed by atoms with Crippen molar-refractivity contribution in [2.24, 2.45) is 17.8 Å². The Hall–Kier alpha value is -0.520. The van der Waals surface area contributed by atoms with Gasteiger partial charge in [-0.3, -0.25) is 0 Å². The Kier molecular flexibility index (Phi) is 3.35. The van der Waals surface area contributed by atoms with Gasteiger partial charge in [-0.15, -0.1) is 0 Å². The van der Waals surface area contributed by atoms with Crippen LogP contribution in [0.5, 0.6) is 0 Å². The lowest BCUT2D eigenvalue weighted by molar-refractivity contribution is 0.244. The molecule has 1 rings (SSSR count). The van der Waals surface area contributed by atoms with E-state index in [9.17, 15) is 0 Å². The Morgan fingerprint density at radius 3 is 2.15 bits per heavy atom. The second-order valence-electron chi connectivity index (χ2n) is 4.79. The lowest BCUT2D eigenvalue weighted by atomic mass is 9.70. The molecule has 1 aliphatic carbocycles. The van der Waals surface area contributed by atoms with Crippen molar-refractivity contribution in [1.82, 2.24) is 0 Å². The van der Waals surface area contributed by atoms with E-state index in [1.54, 1.807) is 0 Å². The quantitative estimate of drug-likeness (QED) is 0.556. The van der Waals surface area contributed by atoms with Crippen molar-refractivity contribution in [3.8, 4) is 0 Å². The fourth-order valence-corrected chi connectivity index (χ4v) is 2.46. The van der Waals surface area contributed by atoms with Crippen LogP contribution in [0.2, 0.25) is 0 Å². The summed E-state index contributed by atoms with van der Waals surface area (Å²) in [5.74, 6) is 2.31. The zero-order valence-electron chi connectivity index (χ0n) is 9.27. The minimum Gasteiger partial charge on any atom is -0.0999 e. The van der Waals surface area contributed by atoms with E-state index in [0.717, 1.165) is 17.8 Å². The molecule has 0 saturated heterocycles. The van der Waals surface area contributed by atoms with E-state index >= 15 is 0 Å². The smallest absolute Gasteiger partial charge is 0.0177 e. The molecule has 0 spiro atoms. The Labute approximate surface area is 82.7 Å². The van der Waals surface area contributed by atoms with Gasteiger partial charge in [-0.05, 0) is 50.9 Å². The average molecular weight is 178 g/mol. The van der Waals surface area contributed by atoms with Gasteiger partial charge in [0.05, 0.1) is 0 Å². The third kappa shape index (κ3) is 2.46. The molecule has 0 aromatic rings. The molecule has 0 aromatic heterocycles. The number of hydrogen-bond donors (Lipinski definition) is 0. The van der Waals surface area contributed by atoms with Gasteiger partial charge in [0.15, 0.2) is 0 Å². The van der Waals surface area contributed by atoms with Gasteiger partial charge in [-0.1, -0.05) is 31.2 Å². The van der Waals surface area contributed by atoms with Crippen LogP contribution in [0.3, 0.4) is 0 Å². The van der Waals surface area contributed by atoms with Crippen LogP contribution in [0, 0.1) is 17.8 Å². The highest BCUT2D eigenvalue weighted by Gasteiger charge is 2.28. The molecule has 0 amide bonds. The first kappa shape index (κ1) is 10.6. The summed E-state index contributed by atoms with van der Waals surface area (Å²) in [6.45, 7) is 14.8. The van der Waals surface area contributed by atoms with Crippen molar-refractivity contribution in [3.05, 3.63) is 24.3 Å². The number of allylic oxidation sites excluding steroid dienone is 2. The van der Waals surface area contributed by atoms with Crippen LogP contribution < -0.4 is 0 Å². The normalized spacial score (nSPS) is 34.2. The second kappa shape index (κ2) is 4.13. The average Bonchev–Trinajstić information content (AvgIpc) is 2.04. The van der Waals surface area contributed by atoms with E-state index in [0.29, 0.717) is 0 Å². The van der Waals surface area contributed by atoms with Crippen LogP contribution in [-0.2, 0) is 0 Å². The maximum atomic E-state index is 4.09. The summed E-state index contributed by atoms with van der Waals surface area (Å²) in [4.78, 5) is 0. The predicted molar refractivity (Wildman–Crippen MR) is 59.6 cm³/mol. The zero-order valence-corrected chi connectivity index (χ0v) is 9.27. The SMILES string of the molecule is C=C(C)[C@@H]1CC[C@@H](C)[C@H](C(=C)C)C1. The van der Waals surface area contributed by atoms with Crippen molar-refractivity contribution >= 4 is 0 Å². The lowest BCUT2D eigenvalue weighted by Gasteiger charge is -2.35. The van der Waals surface area contributed by atoms with Crippen molar-refractivity contribution in [2.75, 3.05) is 0 Å². The molecule has 1 saturated carbocycles. The number of hydrogen-bond acceptors (Lipinski definition) is 0. The molecule has 0 aliphatic heterocycles. The van der Waals surface area contributed by atoms with Crippen molar-refractivity contribution in [1.29, 1.82) is 0 Å². The molecule has 0 radical (unpaired) electrons. The largest absolute Gasteiger partial charge is 0.0999 e. The molecule has 0 bridgehead atoms. The lowest BCUT2D eigenvalue weighted by Crippen LogP contribution is -2.24. The van der Waals surface area contributed by atoms with Gasteiger partial charge >= 0.3 is 0 Å². The van der Waals surface area contributed by atoms with Crippen LogP contribution in [0.25, 0.3) is 0 Å². The molecule has 0 heterocycles. The van der Waals surface area contributed by atoms with Crippen LogP contribution in [0.4, 0.5) is 0 Å². The van der Waals surface area contributed by atoms with Gasteiger partial charge in [0.2, 0.25) is 0 Å². The van der Waals surface area contributed by atoms with Crippen LogP contribution >= 0.6 is 0 Å². The molecule has 13 heavy (non-hydrogen) atoms. The van der Waals surface area contributed by atoms with Crippen molar-refractivity contribution in [2.45, 2.75) is 40.0 Å². The maximum Gasteiger partial charge on any atom is -0.0177 e. The van der Waals surface area contributed by atoms with Crippen LogP contribution in [-0.4, -0.2) is 0 Å². The van der Waals surface area contributed by atoms with E-state index < -0.39 is 0 Å².